The molecule has 4 amide bonds. The van der Waals surface area contributed by atoms with Crippen molar-refractivity contribution in [3.63, 3.8) is 0 Å². The Balaban J connectivity index is 0.576. The number of anilines is 1. The molecule has 2 aromatic heterocycles. The van der Waals surface area contributed by atoms with Gasteiger partial charge in [-0.2, -0.15) is 0 Å². The minimum Gasteiger partial charge on any atom is -0.375 e. The van der Waals surface area contributed by atoms with E-state index in [0.29, 0.717) is 81.5 Å². The van der Waals surface area contributed by atoms with Gasteiger partial charge in [-0.05, 0) is 98.9 Å². The molecule has 0 radical (unpaired) electrons. The zero-order valence-electron chi connectivity index (χ0n) is 44.2. The van der Waals surface area contributed by atoms with Gasteiger partial charge in [0, 0.05) is 126 Å². The number of aromatic amines is 1. The number of carbonyl (C=O) groups excluding carboxylic acids is 4. The fraction of sp³-hybridized carbons (Fsp3) is 0.517. The van der Waals surface area contributed by atoms with Gasteiger partial charge in [0.25, 0.3) is 5.91 Å². The van der Waals surface area contributed by atoms with Gasteiger partial charge in [-0.1, -0.05) is 41.9 Å². The van der Waals surface area contributed by atoms with Gasteiger partial charge in [-0.25, -0.2) is 18.7 Å². The summed E-state index contributed by atoms with van der Waals surface area (Å²) >= 11 is 6.29. The second-order valence-electron chi connectivity index (χ2n) is 22.1. The first-order chi connectivity index (χ1) is 37.9. The molecule has 6 fully saturated rings. The van der Waals surface area contributed by atoms with Gasteiger partial charge in [0.2, 0.25) is 17.7 Å². The molecule has 0 bridgehead atoms. The Morgan fingerprint density at radius 1 is 0.782 bits per heavy atom. The number of amides is 4. The number of rotatable bonds is 17. The van der Waals surface area contributed by atoms with Gasteiger partial charge in [-0.15, -0.1) is 0 Å². The number of carbonyl (C=O) groups is 4. The number of benzene rings is 3. The Hall–Kier alpha value is -6.09. The normalized spacial score (nSPS) is 23.1. The maximum absolute atomic E-state index is 14.1. The van der Waals surface area contributed by atoms with Gasteiger partial charge in [0.1, 0.15) is 35.0 Å². The summed E-state index contributed by atoms with van der Waals surface area (Å²) in [6.07, 6.45) is 10.1. The molecule has 6 aliphatic heterocycles. The second-order valence-corrected chi connectivity index (χ2v) is 22.6. The largest absolute Gasteiger partial charge is 0.375 e. The highest BCUT2D eigenvalue weighted by Gasteiger charge is 2.62. The topological polar surface area (TPSA) is 185 Å². The molecule has 11 rings (SSSR count). The van der Waals surface area contributed by atoms with Crippen LogP contribution in [0, 0.1) is 11.6 Å². The van der Waals surface area contributed by atoms with Crippen LogP contribution in [0.2, 0.25) is 5.02 Å². The molecule has 4 atom stereocenters. The Kier molecular flexibility index (Phi) is 16.7. The number of aromatic nitrogens is 3. The van der Waals surface area contributed by atoms with E-state index in [2.05, 4.69) is 45.6 Å². The minimum absolute atomic E-state index is 0.00959. The highest BCUT2D eigenvalue weighted by atomic mass is 35.5. The second kappa shape index (κ2) is 24.1. The first kappa shape index (κ1) is 53.9. The van der Waals surface area contributed by atoms with Crippen molar-refractivity contribution in [2.75, 3.05) is 103 Å². The number of piperidine rings is 4. The van der Waals surface area contributed by atoms with E-state index >= 15 is 0 Å². The highest BCUT2D eigenvalue weighted by molar-refractivity contribution is 6.30. The number of H-pyrrole nitrogens is 1. The number of halogens is 3. The monoisotopic (exact) mass is 1090 g/mol. The van der Waals surface area contributed by atoms with Gasteiger partial charge < -0.3 is 40.0 Å². The van der Waals surface area contributed by atoms with E-state index in [1.165, 1.54) is 12.1 Å². The molecule has 3 aromatic carbocycles. The summed E-state index contributed by atoms with van der Waals surface area (Å²) < 4.78 is 34.0. The molecule has 3 unspecified atom stereocenters. The molecule has 0 saturated carbocycles. The SMILES string of the molecule is O=C(CN1CCC(OC2CCN(C(=O)c3cccc(C4CCCN(C(=O)CNCc5ccc(F)cc5F)C4)c3)CC2)CC1)N1CCN(CC[C@H](NC(=O)C23CCN(c4ncnc5[nH]ccc45)CC2N3)c2ccc(Cl)cc2)CC1. The summed E-state index contributed by atoms with van der Waals surface area (Å²) in [7, 11) is 0. The standard InChI is InChI=1S/C58H71ClF2N12O5/c59-44-9-6-39(7-10-44)50(66-57(77)58-18-26-73(36-51(58)67-58)55-48-12-19-63-54(48)64-38-65-55)17-23-68-27-29-70(30-28-68)53(75)37-69-21-13-46(14-22-69)78-47-15-24-71(25-16-47)56(76)41-4-1-3-40(31-41)43-5-2-20-72(35-43)52(74)34-62-33-42-8-11-45(60)32-49(42)61/h1,3-4,6-12,19,31-32,38,43,46-47,50-51,62,67H,2,5,13-18,20-30,33-37H2,(H,66,77)(H,63,64,65)/t43?,50-,51?,58?/m0/s1. The van der Waals surface area contributed by atoms with Crippen molar-refractivity contribution in [2.45, 2.75) is 93.7 Å². The van der Waals surface area contributed by atoms with Crippen molar-refractivity contribution in [3.05, 3.63) is 124 Å². The van der Waals surface area contributed by atoms with Crippen molar-refractivity contribution in [1.29, 1.82) is 0 Å². The van der Waals surface area contributed by atoms with Crippen LogP contribution in [0.15, 0.2) is 85.3 Å². The van der Waals surface area contributed by atoms with Crippen LogP contribution in [0.4, 0.5) is 14.6 Å². The zero-order chi connectivity index (χ0) is 53.8. The van der Waals surface area contributed by atoms with E-state index in [1.54, 1.807) is 6.33 Å². The Morgan fingerprint density at radius 2 is 1.56 bits per heavy atom. The molecular formula is C58H71ClF2N12O5. The average Bonchev–Trinajstić information content (AvgIpc) is 4.15. The van der Waals surface area contributed by atoms with E-state index in [9.17, 15) is 28.0 Å². The van der Waals surface area contributed by atoms with Crippen LogP contribution < -0.4 is 20.9 Å². The van der Waals surface area contributed by atoms with Crippen molar-refractivity contribution in [2.24, 2.45) is 0 Å². The Morgan fingerprint density at radius 3 is 2.33 bits per heavy atom. The van der Waals surface area contributed by atoms with E-state index in [1.807, 2.05) is 75.5 Å². The van der Waals surface area contributed by atoms with Gasteiger partial charge in [0.15, 0.2) is 0 Å². The van der Waals surface area contributed by atoms with Crippen LogP contribution in [0.25, 0.3) is 11.0 Å². The summed E-state index contributed by atoms with van der Waals surface area (Å²) in [5.41, 5.74) is 3.22. The number of hydrogen-bond acceptors (Lipinski definition) is 12. The number of likely N-dealkylation sites (tertiary alicyclic amines) is 3. The van der Waals surface area contributed by atoms with Gasteiger partial charge in [-0.3, -0.25) is 34.3 Å². The third-order valence-electron chi connectivity index (χ3n) is 17.2. The quantitative estimate of drug-likeness (QED) is 0.0862. The summed E-state index contributed by atoms with van der Waals surface area (Å²) in [6, 6.07) is 20.8. The fourth-order valence-electron chi connectivity index (χ4n) is 12.4. The fourth-order valence-corrected chi connectivity index (χ4v) is 12.6. The molecule has 0 spiro atoms. The minimum atomic E-state index is -0.640. The van der Waals surface area contributed by atoms with Crippen LogP contribution in [0.3, 0.4) is 0 Å². The lowest BCUT2D eigenvalue weighted by molar-refractivity contribution is -0.135. The molecule has 4 N–H and O–H groups in total. The zero-order valence-corrected chi connectivity index (χ0v) is 44.9. The lowest BCUT2D eigenvalue weighted by Crippen LogP contribution is -2.52. The first-order valence-corrected chi connectivity index (χ1v) is 28.4. The summed E-state index contributed by atoms with van der Waals surface area (Å²) in [5, 5.41) is 11.6. The van der Waals surface area contributed by atoms with Crippen LogP contribution in [-0.2, 0) is 25.7 Å². The van der Waals surface area contributed by atoms with E-state index < -0.39 is 17.2 Å². The maximum Gasteiger partial charge on any atom is 0.253 e. The third-order valence-corrected chi connectivity index (χ3v) is 17.4. The molecular weight excluding hydrogens is 1020 g/mol. The smallest absolute Gasteiger partial charge is 0.253 e. The third kappa shape index (κ3) is 12.5. The summed E-state index contributed by atoms with van der Waals surface area (Å²) in [6.45, 7) is 9.68. The molecule has 20 heteroatoms. The van der Waals surface area contributed by atoms with Crippen LogP contribution in [-0.4, -0.2) is 185 Å². The van der Waals surface area contributed by atoms with Crippen LogP contribution in [0.5, 0.6) is 0 Å². The number of hydrogen-bond donors (Lipinski definition) is 4. The number of fused-ring (bicyclic) bond motifs is 2. The lowest BCUT2D eigenvalue weighted by atomic mass is 9.89. The molecule has 0 aliphatic carbocycles. The average molecular weight is 1090 g/mol. The van der Waals surface area contributed by atoms with Crippen LogP contribution in [0.1, 0.15) is 90.4 Å². The number of piperazine rings is 1. The van der Waals surface area contributed by atoms with Gasteiger partial charge in [0.05, 0.1) is 42.8 Å². The number of nitrogens with zero attached hydrogens (tertiary/aromatic N) is 8. The summed E-state index contributed by atoms with van der Waals surface area (Å²) in [4.78, 5) is 79.3. The number of nitrogens with one attached hydrogen (secondary N) is 4. The Labute approximate surface area is 459 Å². The summed E-state index contributed by atoms with van der Waals surface area (Å²) in [5.74, 6) is -0.166. The van der Waals surface area contributed by atoms with Gasteiger partial charge >= 0.3 is 0 Å². The molecule has 78 heavy (non-hydrogen) atoms. The van der Waals surface area contributed by atoms with E-state index in [0.717, 1.165) is 112 Å². The predicted octanol–water partition coefficient (Wildman–Crippen LogP) is 5.48. The van der Waals surface area contributed by atoms with Crippen molar-refractivity contribution < 1.29 is 32.7 Å². The lowest BCUT2D eigenvalue weighted by Gasteiger charge is -2.39. The van der Waals surface area contributed by atoms with E-state index in [-0.39, 0.29) is 66.9 Å². The number of ether oxygens (including phenoxy) is 1. The Bertz CT molecular complexity index is 2930. The molecule has 17 nitrogen and oxygen atoms in total. The van der Waals surface area contributed by atoms with Crippen LogP contribution >= 0.6 is 11.6 Å². The maximum atomic E-state index is 14.1. The van der Waals surface area contributed by atoms with E-state index in [4.69, 9.17) is 16.3 Å². The molecule has 6 saturated heterocycles. The van der Waals surface area contributed by atoms with Crippen molar-refractivity contribution >= 4 is 52.1 Å². The molecule has 8 heterocycles. The molecule has 6 aliphatic rings. The molecule has 414 valence electrons. The van der Waals surface area contributed by atoms with Crippen molar-refractivity contribution in [1.82, 2.24) is 55.4 Å². The highest BCUT2D eigenvalue weighted by Crippen LogP contribution is 2.39. The predicted molar refractivity (Wildman–Crippen MR) is 293 cm³/mol. The van der Waals surface area contributed by atoms with Crippen molar-refractivity contribution in [3.8, 4) is 0 Å². The molecule has 5 aromatic rings. The first-order valence-electron chi connectivity index (χ1n) is 28.0.